The molecule has 0 radical (unpaired) electrons. The van der Waals surface area contributed by atoms with E-state index in [4.69, 9.17) is 0 Å². The molecule has 0 bridgehead atoms. The highest BCUT2D eigenvalue weighted by atomic mass is 16.6. The van der Waals surface area contributed by atoms with Gasteiger partial charge in [0.05, 0.1) is 27.0 Å². The first-order valence-corrected chi connectivity index (χ1v) is 10.5. The van der Waals surface area contributed by atoms with Gasteiger partial charge in [-0.1, -0.05) is 30.3 Å². The zero-order chi connectivity index (χ0) is 24.7. The molecule has 0 aliphatic rings. The summed E-state index contributed by atoms with van der Waals surface area (Å²) >= 11 is 0. The highest BCUT2D eigenvalue weighted by Crippen LogP contribution is 2.31. The Balaban J connectivity index is 1.80. The predicted molar refractivity (Wildman–Crippen MR) is 129 cm³/mol. The molecule has 0 atom stereocenters. The first-order valence-electron chi connectivity index (χ1n) is 10.5. The van der Waals surface area contributed by atoms with Gasteiger partial charge < -0.3 is 9.67 Å². The third-order valence-corrected chi connectivity index (χ3v) is 5.90. The molecule has 0 saturated heterocycles. The van der Waals surface area contributed by atoms with Crippen molar-refractivity contribution in [3.05, 3.63) is 116 Å². The summed E-state index contributed by atoms with van der Waals surface area (Å²) in [5.74, 6) is -1.01. The number of carboxylic acids is 1. The summed E-state index contributed by atoms with van der Waals surface area (Å²) in [6.45, 7) is 0.368. The number of carboxylic acid groups (broad SMARTS) is 1. The number of aromatic nitrogens is 2. The lowest BCUT2D eigenvalue weighted by Gasteiger charge is -2.11. The molecule has 0 unspecified atom stereocenters. The van der Waals surface area contributed by atoms with Crippen molar-refractivity contribution in [3.63, 3.8) is 0 Å². The van der Waals surface area contributed by atoms with Gasteiger partial charge in [0.2, 0.25) is 0 Å². The second-order valence-electron chi connectivity index (χ2n) is 7.92. The van der Waals surface area contributed by atoms with Crippen molar-refractivity contribution in [3.8, 4) is 11.8 Å². The number of fused-ring (bicyclic) bond motifs is 3. The Morgan fingerprint density at radius 3 is 2.31 bits per heavy atom. The molecule has 0 spiro atoms. The molecule has 0 aliphatic carbocycles. The zero-order valence-electron chi connectivity index (χ0n) is 18.1. The molecule has 9 nitrogen and oxygen atoms in total. The highest BCUT2D eigenvalue weighted by molar-refractivity contribution is 6.07. The molecule has 0 aliphatic heterocycles. The van der Waals surface area contributed by atoms with Crippen LogP contribution in [0.15, 0.2) is 83.7 Å². The van der Waals surface area contributed by atoms with Gasteiger partial charge in [-0.15, -0.1) is 0 Å². The summed E-state index contributed by atoms with van der Waals surface area (Å²) in [6, 6.07) is 23.1. The van der Waals surface area contributed by atoms with Gasteiger partial charge in [-0.2, -0.15) is 5.26 Å². The third-order valence-electron chi connectivity index (χ3n) is 5.90. The van der Waals surface area contributed by atoms with Gasteiger partial charge in [0.1, 0.15) is 11.6 Å². The molecule has 170 valence electrons. The Morgan fingerprint density at radius 1 is 1.00 bits per heavy atom. The third kappa shape index (κ3) is 3.59. The molecular formula is C26H16N4O5. The minimum Gasteiger partial charge on any atom is -0.478 e. The average Bonchev–Trinajstić information content (AvgIpc) is 3.17. The van der Waals surface area contributed by atoms with E-state index in [9.17, 15) is 30.1 Å². The molecular weight excluding hydrogens is 448 g/mol. The number of non-ortho nitro benzene ring substituents is 1. The van der Waals surface area contributed by atoms with E-state index in [1.165, 1.54) is 41.0 Å². The topological polar surface area (TPSA) is 131 Å². The lowest BCUT2D eigenvalue weighted by Crippen LogP contribution is -2.21. The second-order valence-corrected chi connectivity index (χ2v) is 7.92. The minimum absolute atomic E-state index is 0.0684. The number of para-hydroxylation sites is 1. The van der Waals surface area contributed by atoms with E-state index in [2.05, 4.69) is 0 Å². The van der Waals surface area contributed by atoms with Gasteiger partial charge >= 0.3 is 5.97 Å². The van der Waals surface area contributed by atoms with E-state index in [1.807, 2.05) is 34.9 Å². The molecule has 0 saturated carbocycles. The molecule has 2 heterocycles. The largest absolute Gasteiger partial charge is 0.478 e. The van der Waals surface area contributed by atoms with Crippen molar-refractivity contribution >= 4 is 33.6 Å². The van der Waals surface area contributed by atoms with Gasteiger partial charge in [0.15, 0.2) is 0 Å². The maximum Gasteiger partial charge on any atom is 0.335 e. The standard InChI is InChI=1S/C26H16N4O5/c27-14-18-13-23-24(29(25(18)31)19-9-11-20(12-10-19)30(34)35)21-3-1-2-4-22(21)28(23)15-16-5-7-17(8-6-16)26(32)33/h1-13H,15H2,(H,32,33). The molecule has 5 rings (SSSR count). The smallest absolute Gasteiger partial charge is 0.335 e. The van der Waals surface area contributed by atoms with Crippen LogP contribution in [0.3, 0.4) is 0 Å². The van der Waals surface area contributed by atoms with Crippen LogP contribution < -0.4 is 5.56 Å². The maximum absolute atomic E-state index is 13.3. The molecule has 0 amide bonds. The molecule has 0 fully saturated rings. The number of pyridine rings is 1. The fourth-order valence-corrected chi connectivity index (χ4v) is 4.26. The van der Waals surface area contributed by atoms with Crippen molar-refractivity contribution < 1.29 is 14.8 Å². The van der Waals surface area contributed by atoms with Gasteiger partial charge in [-0.05, 0) is 42.0 Å². The summed E-state index contributed by atoms with van der Waals surface area (Å²) in [5.41, 5.74) is 2.72. The van der Waals surface area contributed by atoms with Gasteiger partial charge in [-0.25, -0.2) is 4.79 Å². The van der Waals surface area contributed by atoms with Crippen LogP contribution in [0, 0.1) is 21.4 Å². The molecule has 35 heavy (non-hydrogen) atoms. The lowest BCUT2D eigenvalue weighted by atomic mass is 10.1. The van der Waals surface area contributed by atoms with Crippen LogP contribution in [0.25, 0.3) is 27.6 Å². The van der Waals surface area contributed by atoms with Crippen molar-refractivity contribution in [2.45, 2.75) is 6.54 Å². The number of aromatic carboxylic acids is 1. The number of nitro benzene ring substituents is 1. The molecule has 2 aromatic heterocycles. The van der Waals surface area contributed by atoms with Crippen LogP contribution in [0.5, 0.6) is 0 Å². The average molecular weight is 464 g/mol. The Kier molecular flexibility index (Phi) is 5.11. The Labute approximate surface area is 197 Å². The fraction of sp³-hybridized carbons (Fsp3) is 0.0385. The number of hydrogen-bond acceptors (Lipinski definition) is 5. The SMILES string of the molecule is N#Cc1cc2c(c3ccccc3n2Cc2ccc(C(=O)O)cc2)n(-c2ccc([N+](=O)[O-])cc2)c1=O. The molecule has 1 N–H and O–H groups in total. The Morgan fingerprint density at radius 2 is 1.69 bits per heavy atom. The summed E-state index contributed by atoms with van der Waals surface area (Å²) in [4.78, 5) is 35.1. The summed E-state index contributed by atoms with van der Waals surface area (Å²) < 4.78 is 3.37. The van der Waals surface area contributed by atoms with Gasteiger partial charge in [0, 0.05) is 29.8 Å². The lowest BCUT2D eigenvalue weighted by molar-refractivity contribution is -0.384. The van der Waals surface area contributed by atoms with Crippen molar-refractivity contribution in [1.82, 2.24) is 9.13 Å². The zero-order valence-corrected chi connectivity index (χ0v) is 18.1. The summed E-state index contributed by atoms with van der Waals surface area (Å²) in [7, 11) is 0. The quantitative estimate of drug-likeness (QED) is 0.302. The van der Waals surface area contributed by atoms with E-state index in [1.54, 1.807) is 18.2 Å². The van der Waals surface area contributed by atoms with Crippen LogP contribution in [0.1, 0.15) is 21.5 Å². The number of nitrogens with zero attached hydrogens (tertiary/aromatic N) is 4. The second kappa shape index (κ2) is 8.28. The van der Waals surface area contributed by atoms with E-state index in [-0.39, 0.29) is 16.8 Å². The fourth-order valence-electron chi connectivity index (χ4n) is 4.26. The first-order chi connectivity index (χ1) is 16.9. The van der Waals surface area contributed by atoms with Gasteiger partial charge in [0.25, 0.3) is 11.2 Å². The molecule has 9 heteroatoms. The van der Waals surface area contributed by atoms with Crippen LogP contribution in [-0.4, -0.2) is 25.1 Å². The van der Waals surface area contributed by atoms with E-state index in [0.29, 0.717) is 23.3 Å². The number of carbonyl (C=O) groups is 1. The number of benzene rings is 3. The molecule has 5 aromatic rings. The van der Waals surface area contributed by atoms with Crippen molar-refractivity contribution in [2.24, 2.45) is 0 Å². The number of nitriles is 1. The van der Waals surface area contributed by atoms with Crippen molar-refractivity contribution in [1.29, 1.82) is 5.26 Å². The monoisotopic (exact) mass is 464 g/mol. The predicted octanol–water partition coefficient (Wildman–Crippen LogP) is 4.47. The van der Waals surface area contributed by atoms with E-state index in [0.717, 1.165) is 16.5 Å². The normalized spacial score (nSPS) is 10.9. The number of nitro groups is 1. The van der Waals surface area contributed by atoms with Crippen LogP contribution >= 0.6 is 0 Å². The van der Waals surface area contributed by atoms with Crippen LogP contribution in [0.2, 0.25) is 0 Å². The number of rotatable bonds is 5. The first kappa shape index (κ1) is 21.6. The van der Waals surface area contributed by atoms with E-state index >= 15 is 0 Å². The van der Waals surface area contributed by atoms with Crippen LogP contribution in [0.4, 0.5) is 5.69 Å². The number of hydrogen-bond donors (Lipinski definition) is 1. The summed E-state index contributed by atoms with van der Waals surface area (Å²) in [6.07, 6.45) is 0. The minimum atomic E-state index is -1.01. The maximum atomic E-state index is 13.3. The van der Waals surface area contributed by atoms with Crippen LogP contribution in [-0.2, 0) is 6.54 Å². The summed E-state index contributed by atoms with van der Waals surface area (Å²) in [5, 5.41) is 30.7. The Bertz CT molecular complexity index is 1740. The van der Waals surface area contributed by atoms with Gasteiger partial charge in [-0.3, -0.25) is 19.5 Å². The highest BCUT2D eigenvalue weighted by Gasteiger charge is 2.20. The van der Waals surface area contributed by atoms with Crippen molar-refractivity contribution in [2.75, 3.05) is 0 Å². The molecule has 3 aromatic carbocycles. The van der Waals surface area contributed by atoms with E-state index < -0.39 is 16.5 Å². The Hall–Kier alpha value is -5.23.